The van der Waals surface area contributed by atoms with Crippen LogP contribution >= 0.6 is 11.3 Å². The Morgan fingerprint density at radius 3 is 2.71 bits per heavy atom. The number of aromatic nitrogens is 2. The molecule has 1 aliphatic rings. The number of fused-ring (bicyclic) bond motifs is 1. The standard InChI is InChI=1S/C12H13N3O4S2/c1-15(12-14-13-8-20-12)21(16,17)9-3-4-10-11(7-9)19-6-2-5-18-10/h3-4,7-8H,2,5-6H2,1H3. The van der Waals surface area contributed by atoms with Crippen LogP contribution in [0.2, 0.25) is 0 Å². The zero-order chi connectivity index (χ0) is 14.9. The highest BCUT2D eigenvalue weighted by atomic mass is 32.2. The summed E-state index contributed by atoms with van der Waals surface area (Å²) in [6.45, 7) is 1.06. The molecule has 3 rings (SSSR count). The minimum Gasteiger partial charge on any atom is -0.490 e. The van der Waals surface area contributed by atoms with Crippen molar-refractivity contribution in [3.05, 3.63) is 23.7 Å². The SMILES string of the molecule is CN(c1nncs1)S(=O)(=O)c1ccc2c(c1)OCCCO2. The van der Waals surface area contributed by atoms with Crippen LogP contribution in [0.15, 0.2) is 28.6 Å². The molecule has 0 fully saturated rings. The van der Waals surface area contributed by atoms with Crippen LogP contribution in [0.1, 0.15) is 6.42 Å². The second kappa shape index (κ2) is 5.49. The normalized spacial score (nSPS) is 14.5. The zero-order valence-electron chi connectivity index (χ0n) is 11.2. The number of sulfonamides is 1. The predicted molar refractivity (Wildman–Crippen MR) is 77.5 cm³/mol. The predicted octanol–water partition coefficient (Wildman–Crippen LogP) is 1.52. The van der Waals surface area contributed by atoms with Gasteiger partial charge in [-0.05, 0) is 12.1 Å². The zero-order valence-corrected chi connectivity index (χ0v) is 12.9. The minimum atomic E-state index is -3.70. The van der Waals surface area contributed by atoms with E-state index >= 15 is 0 Å². The molecule has 0 atom stereocenters. The van der Waals surface area contributed by atoms with E-state index < -0.39 is 10.0 Å². The Labute approximate surface area is 126 Å². The third-order valence-corrected chi connectivity index (χ3v) is 5.62. The van der Waals surface area contributed by atoms with E-state index in [-0.39, 0.29) is 4.90 Å². The van der Waals surface area contributed by atoms with Crippen molar-refractivity contribution in [2.24, 2.45) is 0 Å². The summed E-state index contributed by atoms with van der Waals surface area (Å²) >= 11 is 1.15. The molecule has 2 aromatic rings. The molecular formula is C12H13N3O4S2. The molecule has 112 valence electrons. The summed E-state index contributed by atoms with van der Waals surface area (Å²) in [5.41, 5.74) is 1.48. The van der Waals surface area contributed by atoms with Gasteiger partial charge in [-0.25, -0.2) is 12.7 Å². The maximum absolute atomic E-state index is 12.6. The van der Waals surface area contributed by atoms with Crippen molar-refractivity contribution in [1.29, 1.82) is 0 Å². The molecule has 0 radical (unpaired) electrons. The first kappa shape index (κ1) is 14.1. The lowest BCUT2D eigenvalue weighted by Crippen LogP contribution is -2.26. The summed E-state index contributed by atoms with van der Waals surface area (Å²) in [6.07, 6.45) is 0.765. The molecule has 1 aliphatic heterocycles. The van der Waals surface area contributed by atoms with Crippen LogP contribution in [0, 0.1) is 0 Å². The van der Waals surface area contributed by atoms with Gasteiger partial charge in [-0.2, -0.15) is 0 Å². The van der Waals surface area contributed by atoms with Crippen LogP contribution < -0.4 is 13.8 Å². The Bertz CT molecular complexity index is 731. The summed E-state index contributed by atoms with van der Waals surface area (Å²) in [6, 6.07) is 4.59. The Morgan fingerprint density at radius 2 is 2.00 bits per heavy atom. The second-order valence-electron chi connectivity index (χ2n) is 4.35. The van der Waals surface area contributed by atoms with E-state index in [4.69, 9.17) is 9.47 Å². The number of rotatable bonds is 3. The third kappa shape index (κ3) is 2.66. The number of hydrogen-bond donors (Lipinski definition) is 0. The maximum Gasteiger partial charge on any atom is 0.266 e. The molecule has 7 nitrogen and oxygen atoms in total. The molecule has 0 spiro atoms. The van der Waals surface area contributed by atoms with Crippen molar-refractivity contribution >= 4 is 26.5 Å². The highest BCUT2D eigenvalue weighted by Crippen LogP contribution is 2.33. The van der Waals surface area contributed by atoms with Crippen molar-refractivity contribution < 1.29 is 17.9 Å². The topological polar surface area (TPSA) is 81.6 Å². The molecule has 9 heteroatoms. The van der Waals surface area contributed by atoms with Gasteiger partial charge >= 0.3 is 0 Å². The molecule has 0 N–H and O–H groups in total. The fourth-order valence-electron chi connectivity index (χ4n) is 1.87. The van der Waals surface area contributed by atoms with Crippen LogP contribution in [0.25, 0.3) is 0 Å². The maximum atomic E-state index is 12.6. The molecule has 0 aliphatic carbocycles. The van der Waals surface area contributed by atoms with Crippen LogP contribution in [-0.4, -0.2) is 38.9 Å². The van der Waals surface area contributed by atoms with Gasteiger partial charge in [-0.3, -0.25) is 0 Å². The van der Waals surface area contributed by atoms with Crippen LogP contribution in [0.5, 0.6) is 11.5 Å². The monoisotopic (exact) mass is 327 g/mol. The summed E-state index contributed by atoms with van der Waals surface area (Å²) in [4.78, 5) is 0.129. The molecular weight excluding hydrogens is 314 g/mol. The van der Waals surface area contributed by atoms with Gasteiger partial charge in [0.05, 0.1) is 18.1 Å². The molecule has 0 bridgehead atoms. The van der Waals surface area contributed by atoms with E-state index in [9.17, 15) is 8.42 Å². The molecule has 0 saturated heterocycles. The Morgan fingerprint density at radius 1 is 1.24 bits per heavy atom. The first-order valence-corrected chi connectivity index (χ1v) is 8.56. The summed E-state index contributed by atoms with van der Waals surface area (Å²) in [7, 11) is -2.26. The highest BCUT2D eigenvalue weighted by Gasteiger charge is 2.25. The summed E-state index contributed by atoms with van der Waals surface area (Å²) in [5, 5.41) is 7.73. The van der Waals surface area contributed by atoms with Gasteiger partial charge in [-0.1, -0.05) is 11.3 Å². The molecule has 0 amide bonds. The van der Waals surface area contributed by atoms with Crippen molar-refractivity contribution in [3.63, 3.8) is 0 Å². The minimum absolute atomic E-state index is 0.129. The van der Waals surface area contributed by atoms with Crippen molar-refractivity contribution in [2.45, 2.75) is 11.3 Å². The van der Waals surface area contributed by atoms with Crippen LogP contribution in [-0.2, 0) is 10.0 Å². The van der Waals surface area contributed by atoms with Gasteiger partial charge < -0.3 is 9.47 Å². The number of ether oxygens (including phenoxy) is 2. The largest absolute Gasteiger partial charge is 0.490 e. The number of nitrogens with zero attached hydrogens (tertiary/aromatic N) is 3. The summed E-state index contributed by atoms with van der Waals surface area (Å²) in [5.74, 6) is 1.00. The Balaban J connectivity index is 1.98. The van der Waals surface area contributed by atoms with E-state index in [0.29, 0.717) is 29.8 Å². The third-order valence-electron chi connectivity index (χ3n) is 3.00. The van der Waals surface area contributed by atoms with Crippen molar-refractivity contribution in [3.8, 4) is 11.5 Å². The van der Waals surface area contributed by atoms with Crippen LogP contribution in [0.4, 0.5) is 5.13 Å². The first-order chi connectivity index (χ1) is 10.1. The second-order valence-corrected chi connectivity index (χ2v) is 7.13. The van der Waals surface area contributed by atoms with Gasteiger partial charge in [0, 0.05) is 19.5 Å². The molecule has 21 heavy (non-hydrogen) atoms. The average Bonchev–Trinajstić information content (AvgIpc) is 2.91. The van der Waals surface area contributed by atoms with E-state index in [0.717, 1.165) is 22.1 Å². The van der Waals surface area contributed by atoms with Gasteiger partial charge in [0.15, 0.2) is 11.5 Å². The first-order valence-electron chi connectivity index (χ1n) is 6.24. The molecule has 0 saturated carbocycles. The van der Waals surface area contributed by atoms with Gasteiger partial charge in [-0.15, -0.1) is 10.2 Å². The fraction of sp³-hybridized carbons (Fsp3) is 0.333. The number of benzene rings is 1. The Kier molecular flexibility index (Phi) is 3.68. The lowest BCUT2D eigenvalue weighted by atomic mass is 10.3. The van der Waals surface area contributed by atoms with E-state index in [1.54, 1.807) is 6.07 Å². The Hall–Kier alpha value is -1.87. The van der Waals surface area contributed by atoms with Crippen molar-refractivity contribution in [2.75, 3.05) is 24.6 Å². The van der Waals surface area contributed by atoms with Gasteiger partial charge in [0.1, 0.15) is 5.51 Å². The smallest absolute Gasteiger partial charge is 0.266 e. The van der Waals surface area contributed by atoms with Crippen LogP contribution in [0.3, 0.4) is 0 Å². The van der Waals surface area contributed by atoms with E-state index in [1.165, 1.54) is 24.7 Å². The molecule has 1 aromatic carbocycles. The number of hydrogen-bond acceptors (Lipinski definition) is 7. The van der Waals surface area contributed by atoms with Gasteiger partial charge in [0.25, 0.3) is 10.0 Å². The molecule has 2 heterocycles. The molecule has 0 unspecified atom stereocenters. The lowest BCUT2D eigenvalue weighted by Gasteiger charge is -2.16. The average molecular weight is 327 g/mol. The van der Waals surface area contributed by atoms with E-state index in [2.05, 4.69) is 10.2 Å². The lowest BCUT2D eigenvalue weighted by molar-refractivity contribution is 0.297. The van der Waals surface area contributed by atoms with E-state index in [1.807, 2.05) is 0 Å². The van der Waals surface area contributed by atoms with Gasteiger partial charge in [0.2, 0.25) is 5.13 Å². The number of anilines is 1. The quantitative estimate of drug-likeness (QED) is 0.850. The molecule has 1 aromatic heterocycles. The van der Waals surface area contributed by atoms with Crippen molar-refractivity contribution in [1.82, 2.24) is 10.2 Å². The summed E-state index contributed by atoms with van der Waals surface area (Å²) < 4.78 is 37.3. The highest BCUT2D eigenvalue weighted by molar-refractivity contribution is 7.93. The fourth-order valence-corrected chi connectivity index (χ4v) is 3.78.